The van der Waals surface area contributed by atoms with E-state index in [1.807, 2.05) is 60.7 Å². The van der Waals surface area contributed by atoms with Crippen molar-refractivity contribution in [1.82, 2.24) is 5.01 Å². The van der Waals surface area contributed by atoms with Gasteiger partial charge >= 0.3 is 5.97 Å². The topological polar surface area (TPSA) is 68.2 Å². The number of ether oxygens (including phenoxy) is 2. The van der Waals surface area contributed by atoms with Crippen LogP contribution in [0.5, 0.6) is 11.5 Å². The second-order valence-corrected chi connectivity index (χ2v) is 8.31. The first-order valence-corrected chi connectivity index (χ1v) is 11.6. The smallest absolute Gasteiger partial charge is 0.343 e. The number of benzene rings is 4. The predicted octanol–water partition coefficient (Wildman–Crippen LogP) is 5.91. The van der Waals surface area contributed by atoms with Crippen molar-refractivity contribution in [2.75, 3.05) is 7.11 Å². The second-order valence-electron chi connectivity index (χ2n) is 8.31. The van der Waals surface area contributed by atoms with E-state index in [2.05, 4.69) is 0 Å². The van der Waals surface area contributed by atoms with E-state index in [0.29, 0.717) is 40.3 Å². The van der Waals surface area contributed by atoms with Gasteiger partial charge in [-0.1, -0.05) is 66.7 Å². The van der Waals surface area contributed by atoms with Crippen LogP contribution in [0.1, 0.15) is 44.3 Å². The summed E-state index contributed by atoms with van der Waals surface area (Å²) in [6.45, 7) is 0. The van der Waals surface area contributed by atoms with Crippen LogP contribution in [-0.2, 0) is 0 Å². The fourth-order valence-electron chi connectivity index (χ4n) is 4.19. The van der Waals surface area contributed by atoms with Crippen molar-refractivity contribution in [3.63, 3.8) is 0 Å². The molecule has 0 saturated carbocycles. The molecule has 0 aliphatic carbocycles. The van der Waals surface area contributed by atoms with Crippen LogP contribution >= 0.6 is 0 Å². The molecule has 1 atom stereocenters. The van der Waals surface area contributed by atoms with Gasteiger partial charge in [0.25, 0.3) is 5.91 Å². The first kappa shape index (κ1) is 23.1. The number of rotatable bonds is 6. The molecule has 0 spiro atoms. The van der Waals surface area contributed by atoms with E-state index in [1.165, 1.54) is 5.01 Å². The molecule has 36 heavy (non-hydrogen) atoms. The van der Waals surface area contributed by atoms with E-state index in [9.17, 15) is 9.59 Å². The normalized spacial score (nSPS) is 14.8. The third-order valence-corrected chi connectivity index (χ3v) is 6.04. The molecule has 0 bridgehead atoms. The van der Waals surface area contributed by atoms with Gasteiger partial charge in [0.05, 0.1) is 24.4 Å². The standard InChI is InChI=1S/C30H24N2O4/c1-35-24-17-18-25(28(19-24)36-30(34)23-15-9-4-10-16-23)26-20-27(21-11-5-2-6-12-21)32(31-26)29(33)22-13-7-3-8-14-22/h2-19,27H,20H2,1H3/t27-/m0/s1. The van der Waals surface area contributed by atoms with Gasteiger partial charge in [0.15, 0.2) is 0 Å². The number of carbonyl (C=O) groups excluding carboxylic acids is 2. The number of hydrazone groups is 1. The zero-order chi connectivity index (χ0) is 24.9. The molecule has 0 N–H and O–H groups in total. The van der Waals surface area contributed by atoms with E-state index < -0.39 is 5.97 Å². The highest BCUT2D eigenvalue weighted by molar-refractivity contribution is 6.07. The third kappa shape index (κ3) is 4.74. The molecule has 0 saturated heterocycles. The number of methoxy groups -OCH3 is 1. The van der Waals surface area contributed by atoms with Gasteiger partial charge in [-0.25, -0.2) is 9.80 Å². The van der Waals surface area contributed by atoms with Gasteiger partial charge in [0.2, 0.25) is 0 Å². The number of hydrogen-bond donors (Lipinski definition) is 0. The molecule has 0 radical (unpaired) electrons. The minimum absolute atomic E-state index is 0.198. The molecule has 1 amide bonds. The maximum Gasteiger partial charge on any atom is 0.343 e. The summed E-state index contributed by atoms with van der Waals surface area (Å²) < 4.78 is 11.2. The Morgan fingerprint density at radius 2 is 1.42 bits per heavy atom. The summed E-state index contributed by atoms with van der Waals surface area (Å²) >= 11 is 0. The van der Waals surface area contributed by atoms with E-state index >= 15 is 0 Å². The fourth-order valence-corrected chi connectivity index (χ4v) is 4.19. The Kier molecular flexibility index (Phi) is 6.58. The van der Waals surface area contributed by atoms with Crippen molar-refractivity contribution in [2.24, 2.45) is 5.10 Å². The van der Waals surface area contributed by atoms with Gasteiger partial charge in [0, 0.05) is 23.6 Å². The molecule has 1 heterocycles. The molecule has 1 aliphatic heterocycles. The average Bonchev–Trinajstić information content (AvgIpc) is 3.39. The Labute approximate surface area is 209 Å². The summed E-state index contributed by atoms with van der Waals surface area (Å²) in [5.74, 6) is 0.184. The lowest BCUT2D eigenvalue weighted by molar-refractivity contribution is 0.0708. The van der Waals surface area contributed by atoms with Gasteiger partial charge < -0.3 is 9.47 Å². The minimum Gasteiger partial charge on any atom is -0.497 e. The van der Waals surface area contributed by atoms with Crippen LogP contribution in [0.4, 0.5) is 0 Å². The molecule has 4 aromatic carbocycles. The average molecular weight is 477 g/mol. The zero-order valence-corrected chi connectivity index (χ0v) is 19.7. The largest absolute Gasteiger partial charge is 0.497 e. The van der Waals surface area contributed by atoms with Crippen molar-refractivity contribution < 1.29 is 19.1 Å². The van der Waals surface area contributed by atoms with Gasteiger partial charge in [-0.05, 0) is 42.0 Å². The number of hydrogen-bond acceptors (Lipinski definition) is 5. The molecule has 0 fully saturated rings. The Hall–Kier alpha value is -4.71. The van der Waals surface area contributed by atoms with E-state index in [4.69, 9.17) is 14.6 Å². The Morgan fingerprint density at radius 3 is 2.06 bits per heavy atom. The molecule has 6 nitrogen and oxygen atoms in total. The second kappa shape index (κ2) is 10.3. The van der Waals surface area contributed by atoms with Crippen molar-refractivity contribution in [3.8, 4) is 11.5 Å². The maximum atomic E-state index is 13.5. The summed E-state index contributed by atoms with van der Waals surface area (Å²) in [4.78, 5) is 26.3. The van der Waals surface area contributed by atoms with E-state index in [-0.39, 0.29) is 11.9 Å². The molecule has 178 valence electrons. The van der Waals surface area contributed by atoms with Gasteiger partial charge in [-0.3, -0.25) is 4.79 Å². The highest BCUT2D eigenvalue weighted by atomic mass is 16.5. The Morgan fingerprint density at radius 1 is 0.806 bits per heavy atom. The van der Waals surface area contributed by atoms with Crippen LogP contribution in [0.3, 0.4) is 0 Å². The molecule has 5 rings (SSSR count). The van der Waals surface area contributed by atoms with Crippen LogP contribution in [0.15, 0.2) is 114 Å². The quantitative estimate of drug-likeness (QED) is 0.256. The van der Waals surface area contributed by atoms with Crippen LogP contribution in [-0.4, -0.2) is 29.7 Å². The van der Waals surface area contributed by atoms with Crippen molar-refractivity contribution in [2.45, 2.75) is 12.5 Å². The lowest BCUT2D eigenvalue weighted by Gasteiger charge is -2.22. The summed E-state index contributed by atoms with van der Waals surface area (Å²) in [6, 6.07) is 32.6. The van der Waals surface area contributed by atoms with E-state index in [0.717, 1.165) is 5.56 Å². The summed E-state index contributed by atoms with van der Waals surface area (Å²) in [5.41, 5.74) is 3.23. The minimum atomic E-state index is -0.486. The first-order chi connectivity index (χ1) is 17.6. The number of carbonyl (C=O) groups is 2. The lowest BCUT2D eigenvalue weighted by atomic mass is 9.97. The van der Waals surface area contributed by atoms with Crippen molar-refractivity contribution in [3.05, 3.63) is 131 Å². The molecule has 0 aromatic heterocycles. The highest BCUT2D eigenvalue weighted by Gasteiger charge is 2.34. The number of nitrogens with zero attached hydrogens (tertiary/aromatic N) is 2. The van der Waals surface area contributed by atoms with Gasteiger partial charge in [-0.15, -0.1) is 0 Å². The van der Waals surface area contributed by atoms with Crippen LogP contribution in [0.25, 0.3) is 0 Å². The Bertz CT molecular complexity index is 1400. The molecule has 4 aromatic rings. The summed E-state index contributed by atoms with van der Waals surface area (Å²) in [6.07, 6.45) is 0.463. The van der Waals surface area contributed by atoms with Gasteiger partial charge in [-0.2, -0.15) is 5.10 Å². The number of amides is 1. The molecule has 1 aliphatic rings. The van der Waals surface area contributed by atoms with Gasteiger partial charge in [0.1, 0.15) is 11.5 Å². The van der Waals surface area contributed by atoms with Crippen LogP contribution < -0.4 is 9.47 Å². The number of esters is 1. The van der Waals surface area contributed by atoms with Crippen molar-refractivity contribution >= 4 is 17.6 Å². The highest BCUT2D eigenvalue weighted by Crippen LogP contribution is 2.37. The Balaban J connectivity index is 1.54. The third-order valence-electron chi connectivity index (χ3n) is 6.04. The lowest BCUT2D eigenvalue weighted by Crippen LogP contribution is -2.27. The summed E-state index contributed by atoms with van der Waals surface area (Å²) in [7, 11) is 1.55. The van der Waals surface area contributed by atoms with E-state index in [1.54, 1.807) is 55.6 Å². The molecule has 6 heteroatoms. The monoisotopic (exact) mass is 476 g/mol. The zero-order valence-electron chi connectivity index (χ0n) is 19.7. The maximum absolute atomic E-state index is 13.5. The SMILES string of the molecule is COc1ccc(C2=NN(C(=O)c3ccccc3)[C@H](c3ccccc3)C2)c(OC(=O)c2ccccc2)c1. The molecular weight excluding hydrogens is 452 g/mol. The summed E-state index contributed by atoms with van der Waals surface area (Å²) in [5, 5.41) is 6.28. The predicted molar refractivity (Wildman–Crippen MR) is 137 cm³/mol. The molecule has 0 unspecified atom stereocenters. The molecular formula is C30H24N2O4. The van der Waals surface area contributed by atoms with Crippen molar-refractivity contribution in [1.29, 1.82) is 0 Å². The fraction of sp³-hybridized carbons (Fsp3) is 0.100. The first-order valence-electron chi connectivity index (χ1n) is 11.6. The van der Waals surface area contributed by atoms with Crippen LogP contribution in [0.2, 0.25) is 0 Å². The van der Waals surface area contributed by atoms with Crippen LogP contribution in [0, 0.1) is 0 Å².